The lowest BCUT2D eigenvalue weighted by molar-refractivity contribution is 0.601. The molecule has 152 valence electrons. The zero-order valence-electron chi connectivity index (χ0n) is 16.9. The number of aryl methyl sites for hydroxylation is 3. The standard InChI is InChI=1S/C23H21N3O3S/c1-15-8-13-20(14-16(15)2)30(28,29)25-18-9-11-19(12-10-18)26-17(3)24-22-7-5-4-6-21(22)23(26)27/h4-14,25H,1-3H3. The van der Waals surface area contributed by atoms with Gasteiger partial charge in [0.2, 0.25) is 0 Å². The van der Waals surface area contributed by atoms with Crippen LogP contribution in [0.2, 0.25) is 0 Å². The van der Waals surface area contributed by atoms with E-state index in [2.05, 4.69) is 9.71 Å². The summed E-state index contributed by atoms with van der Waals surface area (Å²) in [5.41, 5.74) is 3.45. The summed E-state index contributed by atoms with van der Waals surface area (Å²) in [4.78, 5) is 17.6. The highest BCUT2D eigenvalue weighted by molar-refractivity contribution is 7.92. The third-order valence-corrected chi connectivity index (χ3v) is 6.49. The Bertz CT molecular complexity index is 1420. The molecule has 0 amide bonds. The minimum atomic E-state index is -3.71. The van der Waals surface area contributed by atoms with Crippen molar-refractivity contribution >= 4 is 26.6 Å². The molecule has 30 heavy (non-hydrogen) atoms. The molecule has 0 atom stereocenters. The molecule has 0 radical (unpaired) electrons. The Morgan fingerprint density at radius 1 is 0.867 bits per heavy atom. The fraction of sp³-hybridized carbons (Fsp3) is 0.130. The molecule has 6 nitrogen and oxygen atoms in total. The normalized spacial score (nSPS) is 11.6. The van der Waals surface area contributed by atoms with E-state index >= 15 is 0 Å². The minimum absolute atomic E-state index is 0.165. The molecule has 0 aliphatic carbocycles. The largest absolute Gasteiger partial charge is 0.280 e. The summed E-state index contributed by atoms with van der Waals surface area (Å²) in [6, 6.07) is 18.9. The maximum absolute atomic E-state index is 12.9. The van der Waals surface area contributed by atoms with Crippen LogP contribution < -0.4 is 10.3 Å². The number of nitrogens with zero attached hydrogens (tertiary/aromatic N) is 2. The van der Waals surface area contributed by atoms with E-state index in [-0.39, 0.29) is 10.5 Å². The molecule has 4 rings (SSSR count). The molecular weight excluding hydrogens is 398 g/mol. The van der Waals surface area contributed by atoms with Gasteiger partial charge >= 0.3 is 0 Å². The molecule has 0 saturated carbocycles. The van der Waals surface area contributed by atoms with E-state index in [9.17, 15) is 13.2 Å². The first kappa shape index (κ1) is 19.8. The molecule has 4 aromatic rings. The summed E-state index contributed by atoms with van der Waals surface area (Å²) < 4.78 is 29.5. The highest BCUT2D eigenvalue weighted by Crippen LogP contribution is 2.20. The maximum Gasteiger partial charge on any atom is 0.265 e. The molecule has 3 aromatic carbocycles. The highest BCUT2D eigenvalue weighted by Gasteiger charge is 2.15. The van der Waals surface area contributed by atoms with E-state index in [1.54, 1.807) is 67.6 Å². The van der Waals surface area contributed by atoms with Gasteiger partial charge in [0.05, 0.1) is 21.5 Å². The van der Waals surface area contributed by atoms with E-state index < -0.39 is 10.0 Å². The summed E-state index contributed by atoms with van der Waals surface area (Å²) in [7, 11) is -3.71. The fourth-order valence-corrected chi connectivity index (χ4v) is 4.46. The molecular formula is C23H21N3O3S. The number of hydrogen-bond acceptors (Lipinski definition) is 4. The molecule has 7 heteroatoms. The zero-order chi connectivity index (χ0) is 21.5. The minimum Gasteiger partial charge on any atom is -0.280 e. The van der Waals surface area contributed by atoms with Crippen LogP contribution in [0.1, 0.15) is 17.0 Å². The number of aromatic nitrogens is 2. The van der Waals surface area contributed by atoms with Gasteiger partial charge in [0.15, 0.2) is 0 Å². The van der Waals surface area contributed by atoms with Crippen molar-refractivity contribution in [2.75, 3.05) is 4.72 Å². The van der Waals surface area contributed by atoms with Crippen molar-refractivity contribution in [1.29, 1.82) is 0 Å². The van der Waals surface area contributed by atoms with E-state index in [0.29, 0.717) is 28.1 Å². The van der Waals surface area contributed by atoms with E-state index in [1.807, 2.05) is 19.9 Å². The summed E-state index contributed by atoms with van der Waals surface area (Å²) in [6.07, 6.45) is 0. The first-order valence-electron chi connectivity index (χ1n) is 9.45. The molecule has 0 aliphatic rings. The second kappa shape index (κ2) is 7.42. The Morgan fingerprint density at radius 2 is 1.57 bits per heavy atom. The number of benzene rings is 3. The highest BCUT2D eigenvalue weighted by atomic mass is 32.2. The van der Waals surface area contributed by atoms with Crippen molar-refractivity contribution in [2.24, 2.45) is 0 Å². The summed E-state index contributed by atoms with van der Waals surface area (Å²) in [5.74, 6) is 0.558. The van der Waals surface area contributed by atoms with Gasteiger partial charge in [-0.05, 0) is 80.4 Å². The van der Waals surface area contributed by atoms with Gasteiger partial charge in [-0.25, -0.2) is 13.4 Å². The number of rotatable bonds is 4. The Hall–Kier alpha value is -3.45. The lowest BCUT2D eigenvalue weighted by atomic mass is 10.1. The quantitative estimate of drug-likeness (QED) is 0.540. The van der Waals surface area contributed by atoms with Gasteiger partial charge in [0.25, 0.3) is 15.6 Å². The third kappa shape index (κ3) is 3.59. The molecule has 1 N–H and O–H groups in total. The van der Waals surface area contributed by atoms with Crippen LogP contribution in [0, 0.1) is 20.8 Å². The molecule has 0 saturated heterocycles. The smallest absolute Gasteiger partial charge is 0.265 e. The van der Waals surface area contributed by atoms with Crippen LogP contribution in [0.3, 0.4) is 0 Å². The van der Waals surface area contributed by atoms with Crippen molar-refractivity contribution in [3.8, 4) is 5.69 Å². The van der Waals surface area contributed by atoms with Gasteiger partial charge in [-0.1, -0.05) is 18.2 Å². The lowest BCUT2D eigenvalue weighted by Gasteiger charge is -2.13. The van der Waals surface area contributed by atoms with E-state index in [0.717, 1.165) is 11.1 Å². The van der Waals surface area contributed by atoms with E-state index in [1.165, 1.54) is 4.57 Å². The molecule has 0 spiro atoms. The number of hydrogen-bond donors (Lipinski definition) is 1. The third-order valence-electron chi connectivity index (χ3n) is 5.11. The Labute approximate surface area is 174 Å². The van der Waals surface area contributed by atoms with Gasteiger partial charge in [-0.2, -0.15) is 0 Å². The topological polar surface area (TPSA) is 81.1 Å². The summed E-state index contributed by atoms with van der Waals surface area (Å²) in [5, 5.41) is 0.530. The molecule has 0 bridgehead atoms. The van der Waals surface area contributed by atoms with Crippen LogP contribution in [0.15, 0.2) is 76.4 Å². The van der Waals surface area contributed by atoms with Crippen molar-refractivity contribution < 1.29 is 8.42 Å². The molecule has 0 aliphatic heterocycles. The molecule has 0 unspecified atom stereocenters. The monoisotopic (exact) mass is 419 g/mol. The van der Waals surface area contributed by atoms with Crippen LogP contribution >= 0.6 is 0 Å². The first-order chi connectivity index (χ1) is 14.3. The van der Waals surface area contributed by atoms with Crippen LogP contribution in [0.5, 0.6) is 0 Å². The number of nitrogens with one attached hydrogen (secondary N) is 1. The SMILES string of the molecule is Cc1ccc(S(=O)(=O)Nc2ccc(-n3c(C)nc4ccccc4c3=O)cc2)cc1C. The van der Waals surface area contributed by atoms with Crippen molar-refractivity contribution in [2.45, 2.75) is 25.7 Å². The van der Waals surface area contributed by atoms with Gasteiger partial charge in [-0.3, -0.25) is 14.1 Å². The van der Waals surface area contributed by atoms with Gasteiger partial charge < -0.3 is 0 Å². The second-order valence-electron chi connectivity index (χ2n) is 7.22. The average molecular weight is 420 g/mol. The summed E-state index contributed by atoms with van der Waals surface area (Å²) in [6.45, 7) is 5.58. The molecule has 1 heterocycles. The predicted octanol–water partition coefficient (Wildman–Crippen LogP) is 4.11. The second-order valence-corrected chi connectivity index (χ2v) is 8.90. The van der Waals surface area contributed by atoms with Crippen molar-refractivity contribution in [3.63, 3.8) is 0 Å². The van der Waals surface area contributed by atoms with Crippen LogP contribution in [-0.2, 0) is 10.0 Å². The lowest BCUT2D eigenvalue weighted by Crippen LogP contribution is -2.22. The summed E-state index contributed by atoms with van der Waals surface area (Å²) >= 11 is 0. The number of anilines is 1. The maximum atomic E-state index is 12.9. The molecule has 0 fully saturated rings. The number of para-hydroxylation sites is 1. The van der Waals surface area contributed by atoms with Gasteiger partial charge in [-0.15, -0.1) is 0 Å². The van der Waals surface area contributed by atoms with Crippen LogP contribution in [0.25, 0.3) is 16.6 Å². The van der Waals surface area contributed by atoms with Gasteiger partial charge in [0.1, 0.15) is 5.82 Å². The number of sulfonamides is 1. The Morgan fingerprint density at radius 3 is 2.27 bits per heavy atom. The van der Waals surface area contributed by atoms with Crippen LogP contribution in [-0.4, -0.2) is 18.0 Å². The average Bonchev–Trinajstić information content (AvgIpc) is 2.71. The first-order valence-corrected chi connectivity index (χ1v) is 10.9. The van der Waals surface area contributed by atoms with Crippen molar-refractivity contribution in [3.05, 3.63) is 94.0 Å². The van der Waals surface area contributed by atoms with Crippen LogP contribution in [0.4, 0.5) is 5.69 Å². The van der Waals surface area contributed by atoms with E-state index in [4.69, 9.17) is 0 Å². The predicted molar refractivity (Wildman–Crippen MR) is 119 cm³/mol. The number of fused-ring (bicyclic) bond motifs is 1. The van der Waals surface area contributed by atoms with Crippen molar-refractivity contribution in [1.82, 2.24) is 9.55 Å². The molecule has 1 aromatic heterocycles. The Kier molecular flexibility index (Phi) is 4.91. The zero-order valence-corrected chi connectivity index (χ0v) is 17.7. The fourth-order valence-electron chi connectivity index (χ4n) is 3.32. The van der Waals surface area contributed by atoms with Gasteiger partial charge in [0, 0.05) is 5.69 Å². The Balaban J connectivity index is 1.68.